The molecule has 0 aromatic rings. The fourth-order valence-corrected chi connectivity index (χ4v) is 1.61. The summed E-state index contributed by atoms with van der Waals surface area (Å²) in [5, 5.41) is 8.45. The minimum atomic E-state index is 0.301. The predicted molar refractivity (Wildman–Crippen MR) is 49.7 cm³/mol. The van der Waals surface area contributed by atoms with E-state index in [0.29, 0.717) is 13.2 Å². The van der Waals surface area contributed by atoms with E-state index in [-0.39, 0.29) is 0 Å². The maximum Gasteiger partial charge on any atom is 0.214 e. The molecule has 11 heavy (non-hydrogen) atoms. The van der Waals surface area contributed by atoms with Crippen molar-refractivity contribution in [3.05, 3.63) is 11.4 Å². The first-order valence-corrected chi connectivity index (χ1v) is 5.09. The zero-order valence-electron chi connectivity index (χ0n) is 6.75. The Morgan fingerprint density at radius 1 is 1.18 bits per heavy atom. The van der Waals surface area contributed by atoms with Gasteiger partial charge in [-0.05, 0) is 24.3 Å². The van der Waals surface area contributed by atoms with Crippen molar-refractivity contribution < 1.29 is 5.11 Å². The van der Waals surface area contributed by atoms with Gasteiger partial charge >= 0.3 is 0 Å². The summed E-state index contributed by atoms with van der Waals surface area (Å²) in [6.45, 7) is 7.50. The standard InChI is InChI=1S/C8H15NOS/c1-9-5-2-3-7-11-8-4-6-10/h10H,2-8H2. The minimum absolute atomic E-state index is 0.301. The molecule has 0 atom stereocenters. The molecule has 0 aliphatic heterocycles. The molecule has 0 heterocycles. The van der Waals surface area contributed by atoms with Gasteiger partial charge in [-0.3, -0.25) is 0 Å². The van der Waals surface area contributed by atoms with E-state index in [1.54, 1.807) is 0 Å². The molecule has 0 amide bonds. The largest absolute Gasteiger partial charge is 0.396 e. The Morgan fingerprint density at radius 2 is 1.91 bits per heavy atom. The Bertz CT molecular complexity index is 111. The van der Waals surface area contributed by atoms with Crippen LogP contribution in [-0.4, -0.2) is 29.8 Å². The highest BCUT2D eigenvalue weighted by Gasteiger charge is 1.90. The number of unbranched alkanes of at least 4 members (excludes halogenated alkanes) is 1. The van der Waals surface area contributed by atoms with Crippen molar-refractivity contribution in [2.24, 2.45) is 0 Å². The normalized spacial score (nSPS) is 9.45. The maximum absolute atomic E-state index is 8.45. The fraction of sp³-hybridized carbons (Fsp3) is 0.875. The summed E-state index contributed by atoms with van der Waals surface area (Å²) < 4.78 is 0. The van der Waals surface area contributed by atoms with Gasteiger partial charge in [-0.2, -0.15) is 11.8 Å². The lowest BCUT2D eigenvalue weighted by Crippen LogP contribution is -1.88. The van der Waals surface area contributed by atoms with E-state index >= 15 is 0 Å². The van der Waals surface area contributed by atoms with Gasteiger partial charge in [-0.15, -0.1) is 0 Å². The van der Waals surface area contributed by atoms with Crippen molar-refractivity contribution in [1.82, 2.24) is 0 Å². The average Bonchev–Trinajstić information content (AvgIpc) is 2.03. The molecule has 2 nitrogen and oxygen atoms in total. The summed E-state index contributed by atoms with van der Waals surface area (Å²) in [7, 11) is 0. The van der Waals surface area contributed by atoms with Gasteiger partial charge in [-0.25, -0.2) is 6.57 Å². The van der Waals surface area contributed by atoms with E-state index in [1.165, 1.54) is 0 Å². The van der Waals surface area contributed by atoms with Crippen LogP contribution in [0.25, 0.3) is 4.85 Å². The molecule has 0 saturated carbocycles. The second kappa shape index (κ2) is 9.80. The highest BCUT2D eigenvalue weighted by molar-refractivity contribution is 7.99. The van der Waals surface area contributed by atoms with Crippen LogP contribution in [0.2, 0.25) is 0 Å². The van der Waals surface area contributed by atoms with Crippen LogP contribution < -0.4 is 0 Å². The van der Waals surface area contributed by atoms with E-state index in [4.69, 9.17) is 11.7 Å². The summed E-state index contributed by atoms with van der Waals surface area (Å²) in [5.74, 6) is 2.18. The van der Waals surface area contributed by atoms with Crippen LogP contribution in [0.1, 0.15) is 19.3 Å². The zero-order chi connectivity index (χ0) is 8.36. The van der Waals surface area contributed by atoms with E-state index < -0.39 is 0 Å². The lowest BCUT2D eigenvalue weighted by molar-refractivity contribution is 0.296. The van der Waals surface area contributed by atoms with Crippen LogP contribution in [-0.2, 0) is 0 Å². The Labute approximate surface area is 72.8 Å². The van der Waals surface area contributed by atoms with Crippen molar-refractivity contribution in [2.45, 2.75) is 19.3 Å². The smallest absolute Gasteiger partial charge is 0.214 e. The summed E-state index contributed by atoms with van der Waals surface area (Å²) >= 11 is 1.87. The van der Waals surface area contributed by atoms with E-state index in [2.05, 4.69) is 4.85 Å². The van der Waals surface area contributed by atoms with Crippen LogP contribution in [0.4, 0.5) is 0 Å². The van der Waals surface area contributed by atoms with Crippen LogP contribution in [0.3, 0.4) is 0 Å². The second-order valence-electron chi connectivity index (χ2n) is 2.28. The molecule has 0 radical (unpaired) electrons. The zero-order valence-corrected chi connectivity index (χ0v) is 7.57. The molecule has 0 aromatic carbocycles. The van der Waals surface area contributed by atoms with Crippen LogP contribution >= 0.6 is 11.8 Å². The third-order valence-corrected chi connectivity index (χ3v) is 2.41. The average molecular weight is 173 g/mol. The van der Waals surface area contributed by atoms with Gasteiger partial charge in [0.05, 0.1) is 0 Å². The Hall–Kier alpha value is -0.200. The number of hydrogen-bond acceptors (Lipinski definition) is 2. The quantitative estimate of drug-likeness (QED) is 0.469. The van der Waals surface area contributed by atoms with E-state index in [9.17, 15) is 0 Å². The first-order chi connectivity index (χ1) is 5.41. The van der Waals surface area contributed by atoms with Gasteiger partial charge in [0, 0.05) is 13.0 Å². The number of nitrogens with zero attached hydrogens (tertiary/aromatic N) is 1. The third kappa shape index (κ3) is 9.80. The van der Waals surface area contributed by atoms with Gasteiger partial charge in [0.25, 0.3) is 0 Å². The first kappa shape index (κ1) is 10.8. The SMILES string of the molecule is [C-]#[N+]CCCCSCCCO. The van der Waals surface area contributed by atoms with Crippen molar-refractivity contribution in [2.75, 3.05) is 24.7 Å². The lowest BCUT2D eigenvalue weighted by atomic mass is 10.3. The molecule has 0 aliphatic rings. The molecule has 0 bridgehead atoms. The fourth-order valence-electron chi connectivity index (χ4n) is 0.664. The molecule has 0 rings (SSSR count). The number of aliphatic hydroxyl groups excluding tert-OH is 1. The molecule has 64 valence electrons. The molecule has 1 N–H and O–H groups in total. The molecule has 0 spiro atoms. The van der Waals surface area contributed by atoms with E-state index in [1.807, 2.05) is 11.8 Å². The topological polar surface area (TPSA) is 24.6 Å². The molecule has 0 saturated heterocycles. The van der Waals surface area contributed by atoms with Crippen molar-refractivity contribution in [1.29, 1.82) is 0 Å². The predicted octanol–water partition coefficient (Wildman–Crippen LogP) is 1.80. The highest BCUT2D eigenvalue weighted by atomic mass is 32.2. The molecule has 0 fully saturated rings. The summed E-state index contributed by atoms with van der Waals surface area (Å²) in [4.78, 5) is 3.27. The third-order valence-electron chi connectivity index (χ3n) is 1.26. The van der Waals surface area contributed by atoms with Crippen molar-refractivity contribution >= 4 is 11.8 Å². The molecule has 0 aromatic heterocycles. The monoisotopic (exact) mass is 173 g/mol. The molecule has 3 heteroatoms. The lowest BCUT2D eigenvalue weighted by Gasteiger charge is -1.96. The van der Waals surface area contributed by atoms with Crippen LogP contribution in [0, 0.1) is 6.57 Å². The van der Waals surface area contributed by atoms with Crippen molar-refractivity contribution in [3.8, 4) is 0 Å². The van der Waals surface area contributed by atoms with Crippen LogP contribution in [0.5, 0.6) is 0 Å². The van der Waals surface area contributed by atoms with Gasteiger partial charge in [0.15, 0.2) is 0 Å². The van der Waals surface area contributed by atoms with Gasteiger partial charge in [0.1, 0.15) is 0 Å². The van der Waals surface area contributed by atoms with Gasteiger partial charge < -0.3 is 9.95 Å². The summed E-state index contributed by atoms with van der Waals surface area (Å²) in [6, 6.07) is 0. The van der Waals surface area contributed by atoms with Gasteiger partial charge in [0.2, 0.25) is 6.54 Å². The Kier molecular flexibility index (Phi) is 9.62. The second-order valence-corrected chi connectivity index (χ2v) is 3.50. The summed E-state index contributed by atoms with van der Waals surface area (Å²) in [5.41, 5.74) is 0. The Morgan fingerprint density at radius 3 is 2.55 bits per heavy atom. The molecule has 0 unspecified atom stereocenters. The molecule has 0 aliphatic carbocycles. The molecular weight excluding hydrogens is 158 g/mol. The van der Waals surface area contributed by atoms with Crippen molar-refractivity contribution in [3.63, 3.8) is 0 Å². The number of aliphatic hydroxyl groups is 1. The number of thioether (sulfide) groups is 1. The molecular formula is C8H15NOS. The van der Waals surface area contributed by atoms with E-state index in [0.717, 1.165) is 30.8 Å². The van der Waals surface area contributed by atoms with Gasteiger partial charge in [-0.1, -0.05) is 0 Å². The minimum Gasteiger partial charge on any atom is -0.396 e. The number of hydrogen-bond donors (Lipinski definition) is 1. The first-order valence-electron chi connectivity index (χ1n) is 3.93. The highest BCUT2D eigenvalue weighted by Crippen LogP contribution is 2.05. The number of rotatable bonds is 7. The maximum atomic E-state index is 8.45. The van der Waals surface area contributed by atoms with Crippen LogP contribution in [0.15, 0.2) is 0 Å². The summed E-state index contributed by atoms with van der Waals surface area (Å²) in [6.07, 6.45) is 3.06. The Balaban J connectivity index is 2.75.